The molecule has 0 aromatic carbocycles. The number of hydrogen-bond donors (Lipinski definition) is 0. The van der Waals surface area contributed by atoms with E-state index in [1.54, 1.807) is 0 Å². The van der Waals surface area contributed by atoms with Crippen LogP contribution in [0.15, 0.2) is 0 Å². The monoisotopic (exact) mass is 322 g/mol. The van der Waals surface area contributed by atoms with Gasteiger partial charge in [-0.05, 0) is 26.2 Å². The molecule has 0 aromatic rings. The lowest BCUT2D eigenvalue weighted by atomic mass is 10.1. The van der Waals surface area contributed by atoms with Gasteiger partial charge in [-0.25, -0.2) is 0 Å². The molecule has 0 atom stereocenters. The number of thioether (sulfide) groups is 4. The van der Waals surface area contributed by atoms with E-state index in [4.69, 9.17) is 0 Å². The Morgan fingerprint density at radius 2 is 1.39 bits per heavy atom. The zero-order chi connectivity index (χ0) is 12.9. The lowest BCUT2D eigenvalue weighted by Crippen LogP contribution is -2.22. The second-order valence-electron chi connectivity index (χ2n) is 5.40. The van der Waals surface area contributed by atoms with Gasteiger partial charge in [0.05, 0.1) is 8.16 Å². The van der Waals surface area contributed by atoms with Gasteiger partial charge in [0.25, 0.3) is 0 Å². The molecule has 18 heavy (non-hydrogen) atoms. The third-order valence-corrected chi connectivity index (χ3v) is 10.9. The van der Waals surface area contributed by atoms with Crippen molar-refractivity contribution in [2.75, 3.05) is 23.0 Å². The maximum Gasteiger partial charge on any atom is 0.0612 e. The van der Waals surface area contributed by atoms with E-state index in [1.165, 1.54) is 61.5 Å². The molecule has 2 rings (SSSR count). The largest absolute Gasteiger partial charge is 0.144 e. The van der Waals surface area contributed by atoms with Crippen LogP contribution in [0.1, 0.15) is 52.4 Å². The lowest BCUT2D eigenvalue weighted by molar-refractivity contribution is 0.568. The van der Waals surface area contributed by atoms with Gasteiger partial charge >= 0.3 is 0 Å². The normalized spacial score (nSPS) is 25.7. The minimum atomic E-state index is 0.529. The first-order valence-electron chi connectivity index (χ1n) is 7.24. The molecule has 0 aliphatic carbocycles. The van der Waals surface area contributed by atoms with E-state index in [2.05, 4.69) is 60.9 Å². The molecule has 2 saturated heterocycles. The third-order valence-electron chi connectivity index (χ3n) is 3.83. The summed E-state index contributed by atoms with van der Waals surface area (Å²) < 4.78 is 1.11. The van der Waals surface area contributed by atoms with Crippen molar-refractivity contribution in [3.8, 4) is 0 Å². The molecule has 0 saturated carbocycles. The maximum atomic E-state index is 2.47. The maximum absolute atomic E-state index is 2.47. The summed E-state index contributed by atoms with van der Waals surface area (Å²) in [7, 11) is 0. The summed E-state index contributed by atoms with van der Waals surface area (Å²) in [5.41, 5.74) is 0. The van der Waals surface area contributed by atoms with Crippen LogP contribution in [0, 0.1) is 0 Å². The fourth-order valence-electron chi connectivity index (χ4n) is 2.67. The van der Waals surface area contributed by atoms with Crippen molar-refractivity contribution in [1.82, 2.24) is 0 Å². The van der Waals surface area contributed by atoms with Gasteiger partial charge in [0, 0.05) is 23.0 Å². The molecule has 0 bridgehead atoms. The fraction of sp³-hybridized carbons (Fsp3) is 1.00. The highest BCUT2D eigenvalue weighted by atomic mass is 32.2. The van der Waals surface area contributed by atoms with E-state index in [9.17, 15) is 0 Å². The SMILES string of the molecule is CCCCCC1(CCC2(C)SCCS2)SCCS1. The highest BCUT2D eigenvalue weighted by Gasteiger charge is 2.38. The molecule has 0 spiro atoms. The first kappa shape index (κ1) is 15.8. The Morgan fingerprint density at radius 3 is 2.00 bits per heavy atom. The lowest BCUT2D eigenvalue weighted by Gasteiger charge is -2.31. The van der Waals surface area contributed by atoms with Crippen LogP contribution in [0.4, 0.5) is 0 Å². The van der Waals surface area contributed by atoms with E-state index >= 15 is 0 Å². The van der Waals surface area contributed by atoms with E-state index < -0.39 is 0 Å². The fourth-order valence-corrected chi connectivity index (χ4v) is 8.84. The summed E-state index contributed by atoms with van der Waals surface area (Å²) in [6, 6.07) is 0. The molecule has 2 heterocycles. The molecule has 4 heteroatoms. The molecule has 0 N–H and O–H groups in total. The number of rotatable bonds is 7. The van der Waals surface area contributed by atoms with Gasteiger partial charge in [0.15, 0.2) is 0 Å². The molecule has 2 aliphatic rings. The van der Waals surface area contributed by atoms with Gasteiger partial charge in [-0.1, -0.05) is 26.2 Å². The van der Waals surface area contributed by atoms with Gasteiger partial charge in [0.1, 0.15) is 0 Å². The minimum Gasteiger partial charge on any atom is -0.144 e. The van der Waals surface area contributed by atoms with Crippen LogP contribution in [0.2, 0.25) is 0 Å². The van der Waals surface area contributed by atoms with Crippen LogP contribution in [0.3, 0.4) is 0 Å². The quantitative estimate of drug-likeness (QED) is 0.549. The zero-order valence-electron chi connectivity index (χ0n) is 11.7. The van der Waals surface area contributed by atoms with E-state index in [0.717, 1.165) is 0 Å². The van der Waals surface area contributed by atoms with Crippen LogP contribution >= 0.6 is 47.0 Å². The molecule has 0 radical (unpaired) electrons. The molecule has 2 fully saturated rings. The highest BCUT2D eigenvalue weighted by molar-refractivity contribution is 8.21. The van der Waals surface area contributed by atoms with Crippen LogP contribution in [-0.4, -0.2) is 31.2 Å². The van der Waals surface area contributed by atoms with Gasteiger partial charge in [0.2, 0.25) is 0 Å². The van der Waals surface area contributed by atoms with Crippen molar-refractivity contribution in [2.24, 2.45) is 0 Å². The topological polar surface area (TPSA) is 0 Å². The molecule has 0 aromatic heterocycles. The Labute approximate surface area is 130 Å². The predicted molar refractivity (Wildman–Crippen MR) is 94.3 cm³/mol. The van der Waals surface area contributed by atoms with Gasteiger partial charge in [-0.15, -0.1) is 47.0 Å². The first-order chi connectivity index (χ1) is 8.68. The summed E-state index contributed by atoms with van der Waals surface area (Å²) in [5, 5.41) is 0. The van der Waals surface area contributed by atoms with Crippen LogP contribution in [-0.2, 0) is 0 Å². The summed E-state index contributed by atoms with van der Waals surface area (Å²) in [5.74, 6) is 5.50. The van der Waals surface area contributed by atoms with Crippen molar-refractivity contribution in [3.63, 3.8) is 0 Å². The highest BCUT2D eigenvalue weighted by Crippen LogP contribution is 2.54. The standard InChI is InChI=1S/C14H26S4/c1-3-4-5-6-14(17-11-12-18-14)8-7-13(2)15-9-10-16-13/h3-12H2,1-2H3. The number of hydrogen-bond acceptors (Lipinski definition) is 4. The smallest absolute Gasteiger partial charge is 0.0612 e. The Kier molecular flexibility index (Phi) is 6.51. The predicted octanol–water partition coefficient (Wildman–Crippen LogP) is 5.72. The van der Waals surface area contributed by atoms with Crippen molar-refractivity contribution >= 4 is 47.0 Å². The van der Waals surface area contributed by atoms with Crippen molar-refractivity contribution in [3.05, 3.63) is 0 Å². The van der Waals surface area contributed by atoms with Crippen molar-refractivity contribution < 1.29 is 0 Å². The van der Waals surface area contributed by atoms with Gasteiger partial charge in [-0.2, -0.15) is 0 Å². The van der Waals surface area contributed by atoms with Gasteiger partial charge in [-0.3, -0.25) is 0 Å². The molecule has 0 nitrogen and oxygen atoms in total. The molecule has 2 aliphatic heterocycles. The Bertz CT molecular complexity index is 242. The average Bonchev–Trinajstić information content (AvgIpc) is 2.98. The summed E-state index contributed by atoms with van der Waals surface area (Å²) >= 11 is 8.93. The Morgan fingerprint density at radius 1 is 0.778 bits per heavy atom. The zero-order valence-corrected chi connectivity index (χ0v) is 15.0. The molecule has 106 valence electrons. The Hall–Kier alpha value is 1.40. The second-order valence-corrected chi connectivity index (χ2v) is 12.1. The van der Waals surface area contributed by atoms with E-state index in [1.807, 2.05) is 0 Å². The van der Waals surface area contributed by atoms with Crippen molar-refractivity contribution in [2.45, 2.75) is 60.5 Å². The van der Waals surface area contributed by atoms with E-state index in [0.29, 0.717) is 8.16 Å². The average molecular weight is 323 g/mol. The first-order valence-corrected chi connectivity index (χ1v) is 11.2. The van der Waals surface area contributed by atoms with Crippen LogP contribution < -0.4 is 0 Å². The third kappa shape index (κ3) is 4.46. The Balaban J connectivity index is 1.81. The molecule has 0 unspecified atom stereocenters. The summed E-state index contributed by atoms with van der Waals surface area (Å²) in [6.07, 6.45) is 8.50. The molecular weight excluding hydrogens is 296 g/mol. The van der Waals surface area contributed by atoms with E-state index in [-0.39, 0.29) is 0 Å². The summed E-state index contributed by atoms with van der Waals surface area (Å²) in [6.45, 7) is 4.79. The number of unbranched alkanes of at least 4 members (excludes halogenated alkanes) is 2. The summed E-state index contributed by atoms with van der Waals surface area (Å²) in [4.78, 5) is 0. The minimum absolute atomic E-state index is 0.529. The second kappa shape index (κ2) is 7.42. The molecule has 0 amide bonds. The van der Waals surface area contributed by atoms with Crippen LogP contribution in [0.5, 0.6) is 0 Å². The van der Waals surface area contributed by atoms with Crippen molar-refractivity contribution in [1.29, 1.82) is 0 Å². The molecular formula is C14H26S4. The van der Waals surface area contributed by atoms with Crippen LogP contribution in [0.25, 0.3) is 0 Å². The van der Waals surface area contributed by atoms with Gasteiger partial charge < -0.3 is 0 Å².